The minimum Gasteiger partial charge on any atom is -0.466 e. The average Bonchev–Trinajstić information content (AvgIpc) is 2.68. The quantitative estimate of drug-likeness (QED) is 0.783. The average molecular weight is 266 g/mol. The van der Waals surface area contributed by atoms with E-state index in [2.05, 4.69) is 10.6 Å². The van der Waals surface area contributed by atoms with Crippen molar-refractivity contribution in [1.82, 2.24) is 10.6 Å². The van der Waals surface area contributed by atoms with Gasteiger partial charge in [-0.2, -0.15) is 0 Å². The molecule has 1 aromatic rings. The molecule has 5 heteroatoms. The number of furan rings is 1. The highest BCUT2D eigenvalue weighted by Crippen LogP contribution is 2.18. The van der Waals surface area contributed by atoms with Gasteiger partial charge in [-0.05, 0) is 32.8 Å². The van der Waals surface area contributed by atoms with Crippen LogP contribution >= 0.6 is 0 Å². The first-order valence-electron chi connectivity index (χ1n) is 6.84. The summed E-state index contributed by atoms with van der Waals surface area (Å²) in [5.74, 6) is 1.67. The van der Waals surface area contributed by atoms with Gasteiger partial charge in [0.2, 0.25) is 0 Å². The molecule has 2 unspecified atom stereocenters. The maximum Gasteiger partial charge on any atom is 0.315 e. The Morgan fingerprint density at radius 2 is 2.16 bits per heavy atom. The second kappa shape index (κ2) is 6.10. The van der Waals surface area contributed by atoms with Crippen LogP contribution in [0.3, 0.4) is 0 Å². The molecule has 1 fully saturated rings. The van der Waals surface area contributed by atoms with E-state index in [1.54, 1.807) is 0 Å². The highest BCUT2D eigenvalue weighted by molar-refractivity contribution is 5.74. The monoisotopic (exact) mass is 266 g/mol. The van der Waals surface area contributed by atoms with Crippen molar-refractivity contribution in [2.24, 2.45) is 0 Å². The Kier molecular flexibility index (Phi) is 4.47. The standard InChI is InChI=1S/C14H22N2O3/c1-9-7-11(10(2)19-9)8-15-14(18)16-12-5-3-4-6-13(12)17/h7,12-13,17H,3-6,8H2,1-2H3,(H2,15,16,18). The number of rotatable bonds is 3. The molecule has 1 aliphatic rings. The van der Waals surface area contributed by atoms with Crippen molar-refractivity contribution in [1.29, 1.82) is 0 Å². The van der Waals surface area contributed by atoms with E-state index < -0.39 is 6.10 Å². The van der Waals surface area contributed by atoms with Crippen LogP contribution in [0, 0.1) is 13.8 Å². The first-order chi connectivity index (χ1) is 9.06. The van der Waals surface area contributed by atoms with Gasteiger partial charge in [0.25, 0.3) is 0 Å². The van der Waals surface area contributed by atoms with Crippen LogP contribution in [0.2, 0.25) is 0 Å². The summed E-state index contributed by atoms with van der Waals surface area (Å²) in [4.78, 5) is 11.8. The molecule has 5 nitrogen and oxygen atoms in total. The normalized spacial score (nSPS) is 23.1. The van der Waals surface area contributed by atoms with Crippen LogP contribution in [0.25, 0.3) is 0 Å². The molecule has 0 bridgehead atoms. The van der Waals surface area contributed by atoms with Crippen LogP contribution < -0.4 is 10.6 Å². The van der Waals surface area contributed by atoms with Gasteiger partial charge in [-0.1, -0.05) is 12.8 Å². The molecule has 0 aliphatic heterocycles. The number of urea groups is 1. The van der Waals surface area contributed by atoms with Gasteiger partial charge in [0.05, 0.1) is 12.1 Å². The fraction of sp³-hybridized carbons (Fsp3) is 0.643. The number of hydrogen-bond acceptors (Lipinski definition) is 3. The first kappa shape index (κ1) is 13.9. The highest BCUT2D eigenvalue weighted by Gasteiger charge is 2.24. The Balaban J connectivity index is 1.79. The molecule has 3 N–H and O–H groups in total. The highest BCUT2D eigenvalue weighted by atomic mass is 16.3. The molecule has 19 heavy (non-hydrogen) atoms. The number of aliphatic hydroxyl groups excluding tert-OH is 1. The lowest BCUT2D eigenvalue weighted by molar-refractivity contribution is 0.0943. The predicted octanol–water partition coefficient (Wildman–Crippen LogP) is 2.00. The summed E-state index contributed by atoms with van der Waals surface area (Å²) in [6.45, 7) is 4.21. The lowest BCUT2D eigenvalue weighted by Crippen LogP contribution is -2.48. The van der Waals surface area contributed by atoms with E-state index in [0.29, 0.717) is 6.54 Å². The molecule has 0 saturated heterocycles. The number of carbonyl (C=O) groups excluding carboxylic acids is 1. The maximum atomic E-state index is 11.8. The van der Waals surface area contributed by atoms with Crippen LogP contribution in [0.5, 0.6) is 0 Å². The number of aryl methyl sites for hydroxylation is 2. The number of hydrogen-bond donors (Lipinski definition) is 3. The Labute approximate surface area is 113 Å². The van der Waals surface area contributed by atoms with E-state index in [9.17, 15) is 9.90 Å². The summed E-state index contributed by atoms with van der Waals surface area (Å²) in [6.07, 6.45) is 3.29. The largest absolute Gasteiger partial charge is 0.466 e. The van der Waals surface area contributed by atoms with Gasteiger partial charge in [-0.3, -0.25) is 0 Å². The topological polar surface area (TPSA) is 74.5 Å². The molecule has 2 atom stereocenters. The minimum atomic E-state index is -0.419. The van der Waals surface area contributed by atoms with Gasteiger partial charge in [0, 0.05) is 12.1 Å². The second-order valence-electron chi connectivity index (χ2n) is 5.22. The molecular weight excluding hydrogens is 244 g/mol. The molecular formula is C14H22N2O3. The molecule has 1 aliphatic carbocycles. The summed E-state index contributed by atoms with van der Waals surface area (Å²) in [5, 5.41) is 15.4. The molecule has 1 saturated carbocycles. The van der Waals surface area contributed by atoms with E-state index in [-0.39, 0.29) is 12.1 Å². The molecule has 0 radical (unpaired) electrons. The summed E-state index contributed by atoms with van der Waals surface area (Å²) in [5.41, 5.74) is 0.983. The Hall–Kier alpha value is -1.49. The number of amides is 2. The third-order valence-electron chi connectivity index (χ3n) is 3.63. The zero-order chi connectivity index (χ0) is 13.8. The zero-order valence-electron chi connectivity index (χ0n) is 11.5. The Morgan fingerprint density at radius 1 is 1.42 bits per heavy atom. The van der Waals surface area contributed by atoms with Crippen LogP contribution in [0.4, 0.5) is 4.79 Å². The maximum absolute atomic E-state index is 11.8. The number of nitrogens with one attached hydrogen (secondary N) is 2. The van der Waals surface area contributed by atoms with Crippen LogP contribution in [0.1, 0.15) is 42.8 Å². The van der Waals surface area contributed by atoms with E-state index in [0.717, 1.165) is 42.8 Å². The molecule has 2 amide bonds. The van der Waals surface area contributed by atoms with Gasteiger partial charge in [0.15, 0.2) is 0 Å². The predicted molar refractivity (Wildman–Crippen MR) is 71.8 cm³/mol. The van der Waals surface area contributed by atoms with Crippen molar-refractivity contribution < 1.29 is 14.3 Å². The van der Waals surface area contributed by atoms with Crippen molar-refractivity contribution in [3.63, 3.8) is 0 Å². The van der Waals surface area contributed by atoms with Gasteiger partial charge < -0.3 is 20.2 Å². The van der Waals surface area contributed by atoms with Crippen molar-refractivity contribution >= 4 is 6.03 Å². The Bertz CT molecular complexity index is 442. The van der Waals surface area contributed by atoms with E-state index >= 15 is 0 Å². The van der Waals surface area contributed by atoms with Crippen molar-refractivity contribution in [2.75, 3.05) is 0 Å². The zero-order valence-corrected chi connectivity index (χ0v) is 11.5. The molecule has 106 valence electrons. The molecule has 1 heterocycles. The molecule has 0 spiro atoms. The first-order valence-corrected chi connectivity index (χ1v) is 6.84. The smallest absolute Gasteiger partial charge is 0.315 e. The summed E-state index contributed by atoms with van der Waals surface area (Å²) < 4.78 is 5.40. The number of carbonyl (C=O) groups is 1. The van der Waals surface area contributed by atoms with Crippen molar-refractivity contribution in [3.05, 3.63) is 23.2 Å². The van der Waals surface area contributed by atoms with Gasteiger partial charge >= 0.3 is 6.03 Å². The molecule has 1 aromatic heterocycles. The van der Waals surface area contributed by atoms with Crippen LogP contribution in [-0.4, -0.2) is 23.3 Å². The summed E-state index contributed by atoms with van der Waals surface area (Å²) in [6, 6.07) is 1.57. The lowest BCUT2D eigenvalue weighted by Gasteiger charge is -2.28. The SMILES string of the molecule is Cc1cc(CNC(=O)NC2CCCCC2O)c(C)o1. The van der Waals surface area contributed by atoms with E-state index in [1.165, 1.54) is 0 Å². The molecule has 2 rings (SSSR count). The van der Waals surface area contributed by atoms with Crippen LogP contribution in [-0.2, 0) is 6.54 Å². The second-order valence-corrected chi connectivity index (χ2v) is 5.22. The number of aliphatic hydroxyl groups is 1. The van der Waals surface area contributed by atoms with Crippen molar-refractivity contribution in [2.45, 2.75) is 58.2 Å². The fourth-order valence-corrected chi connectivity index (χ4v) is 2.53. The van der Waals surface area contributed by atoms with Gasteiger partial charge in [-0.15, -0.1) is 0 Å². The van der Waals surface area contributed by atoms with Gasteiger partial charge in [0.1, 0.15) is 11.5 Å². The van der Waals surface area contributed by atoms with E-state index in [4.69, 9.17) is 4.42 Å². The lowest BCUT2D eigenvalue weighted by atomic mass is 9.93. The van der Waals surface area contributed by atoms with Gasteiger partial charge in [-0.25, -0.2) is 4.79 Å². The third kappa shape index (κ3) is 3.73. The summed E-state index contributed by atoms with van der Waals surface area (Å²) >= 11 is 0. The Morgan fingerprint density at radius 3 is 2.79 bits per heavy atom. The molecule has 0 aromatic carbocycles. The summed E-state index contributed by atoms with van der Waals surface area (Å²) in [7, 11) is 0. The third-order valence-corrected chi connectivity index (χ3v) is 3.63. The van der Waals surface area contributed by atoms with Crippen molar-refractivity contribution in [3.8, 4) is 0 Å². The fourth-order valence-electron chi connectivity index (χ4n) is 2.53. The van der Waals surface area contributed by atoms with Crippen LogP contribution in [0.15, 0.2) is 10.5 Å². The minimum absolute atomic E-state index is 0.124. The van der Waals surface area contributed by atoms with E-state index in [1.807, 2.05) is 19.9 Å².